The molecule has 0 amide bonds. The minimum atomic E-state index is 0.0627. The lowest BCUT2D eigenvalue weighted by molar-refractivity contribution is -0.109. The number of benzene rings is 4. The van der Waals surface area contributed by atoms with E-state index in [-0.39, 0.29) is 5.12 Å². The van der Waals surface area contributed by atoms with Crippen LogP contribution in [-0.2, 0) is 4.79 Å². The van der Waals surface area contributed by atoms with Gasteiger partial charge in [0.2, 0.25) is 0 Å². The topological polar surface area (TPSA) is 40.9 Å². The molecule has 4 aromatic rings. The summed E-state index contributed by atoms with van der Waals surface area (Å²) in [4.78, 5) is 12.1. The number of nitriles is 1. The van der Waals surface area contributed by atoms with E-state index >= 15 is 0 Å². The van der Waals surface area contributed by atoms with E-state index in [1.54, 1.807) is 13.0 Å². The average molecular weight is 478 g/mol. The number of rotatable bonds is 1. The molecule has 0 saturated heterocycles. The van der Waals surface area contributed by atoms with Gasteiger partial charge in [0, 0.05) is 45.2 Å². The lowest BCUT2D eigenvalue weighted by Gasteiger charge is -1.97. The van der Waals surface area contributed by atoms with Crippen LogP contribution in [0.15, 0.2) is 102 Å². The molecule has 0 atom stereocenters. The van der Waals surface area contributed by atoms with Gasteiger partial charge < -0.3 is 0 Å². The summed E-state index contributed by atoms with van der Waals surface area (Å²) < 4.78 is 0. The zero-order valence-corrected chi connectivity index (χ0v) is 20.3. The van der Waals surface area contributed by atoms with Crippen LogP contribution >= 0.6 is 11.8 Å². The molecule has 4 rings (SSSR count). The molecule has 0 aromatic heterocycles. The second-order valence-corrected chi connectivity index (χ2v) is 8.93. The van der Waals surface area contributed by atoms with Gasteiger partial charge in [0.05, 0.1) is 5.56 Å². The Morgan fingerprint density at radius 1 is 0.583 bits per heavy atom. The predicted molar refractivity (Wildman–Crippen MR) is 145 cm³/mol. The van der Waals surface area contributed by atoms with Crippen LogP contribution in [0.25, 0.3) is 0 Å². The van der Waals surface area contributed by atoms with Crippen molar-refractivity contribution in [3.8, 4) is 41.6 Å². The van der Waals surface area contributed by atoms with Crippen molar-refractivity contribution in [1.29, 1.82) is 5.26 Å². The summed E-state index contributed by atoms with van der Waals surface area (Å²) >= 11 is 1.21. The Kier molecular flexibility index (Phi) is 8.05. The third-order valence-electron chi connectivity index (χ3n) is 4.96. The van der Waals surface area contributed by atoms with Crippen LogP contribution in [0.3, 0.4) is 0 Å². The van der Waals surface area contributed by atoms with Gasteiger partial charge in [0.1, 0.15) is 6.07 Å². The molecule has 0 aliphatic carbocycles. The van der Waals surface area contributed by atoms with E-state index in [0.717, 1.165) is 32.7 Å². The van der Waals surface area contributed by atoms with Gasteiger partial charge in [0.15, 0.2) is 5.12 Å². The highest BCUT2D eigenvalue weighted by atomic mass is 32.2. The number of carbonyl (C=O) groups is 1. The van der Waals surface area contributed by atoms with Gasteiger partial charge in [-0.15, -0.1) is 0 Å². The smallest absolute Gasteiger partial charge is 0.190 e. The lowest BCUT2D eigenvalue weighted by atomic mass is 10.0. The summed E-state index contributed by atoms with van der Waals surface area (Å²) in [6.45, 7) is 1.55. The number of hydrogen-bond donors (Lipinski definition) is 0. The summed E-state index contributed by atoms with van der Waals surface area (Å²) in [5.41, 5.74) is 5.48. The second-order valence-electron chi connectivity index (χ2n) is 7.68. The van der Waals surface area contributed by atoms with Crippen molar-refractivity contribution in [2.45, 2.75) is 11.8 Å². The predicted octanol–water partition coefficient (Wildman–Crippen LogP) is 6.40. The normalized spacial score (nSPS) is 9.33. The van der Waals surface area contributed by atoms with E-state index in [9.17, 15) is 10.1 Å². The van der Waals surface area contributed by atoms with Gasteiger partial charge in [-0.2, -0.15) is 5.26 Å². The highest BCUT2D eigenvalue weighted by Gasteiger charge is 2.01. The Labute approximate surface area is 216 Å². The molecule has 0 spiro atoms. The van der Waals surface area contributed by atoms with Crippen molar-refractivity contribution in [2.24, 2.45) is 0 Å². The monoisotopic (exact) mass is 477 g/mol. The van der Waals surface area contributed by atoms with Gasteiger partial charge in [-0.25, -0.2) is 0 Å². The third kappa shape index (κ3) is 7.03. The van der Waals surface area contributed by atoms with Crippen LogP contribution in [0.5, 0.6) is 0 Å². The maximum atomic E-state index is 11.2. The first-order valence-corrected chi connectivity index (χ1v) is 11.9. The Bertz CT molecular complexity index is 1630. The molecular weight excluding hydrogens is 458 g/mol. The lowest BCUT2D eigenvalue weighted by Crippen LogP contribution is -1.86. The maximum absolute atomic E-state index is 11.2. The van der Waals surface area contributed by atoms with Crippen LogP contribution in [0, 0.1) is 46.9 Å². The van der Waals surface area contributed by atoms with Gasteiger partial charge in [0.25, 0.3) is 0 Å². The molecule has 0 radical (unpaired) electrons. The number of hydrogen-bond acceptors (Lipinski definition) is 3. The Hall–Kier alpha value is -4.93. The van der Waals surface area contributed by atoms with Crippen molar-refractivity contribution in [2.75, 3.05) is 0 Å². The summed E-state index contributed by atoms with van der Waals surface area (Å²) in [5, 5.41) is 9.61. The van der Waals surface area contributed by atoms with E-state index < -0.39 is 0 Å². The van der Waals surface area contributed by atoms with Crippen molar-refractivity contribution >= 4 is 16.9 Å². The fraction of sp³-hybridized carbons (Fsp3) is 0.0303. The molecule has 168 valence electrons. The summed E-state index contributed by atoms with van der Waals surface area (Å²) in [6.07, 6.45) is 0. The summed E-state index contributed by atoms with van der Waals surface area (Å²) in [7, 11) is 0. The van der Waals surface area contributed by atoms with Crippen molar-refractivity contribution < 1.29 is 4.79 Å². The minimum Gasteiger partial charge on any atom is -0.287 e. The van der Waals surface area contributed by atoms with Gasteiger partial charge in [-0.05, 0) is 78.9 Å². The molecule has 0 unspecified atom stereocenters. The number of nitrogens with zero attached hydrogens (tertiary/aromatic N) is 1. The molecule has 0 fully saturated rings. The molecule has 0 heterocycles. The standard InChI is InChI=1S/C33H19NOS/c1-25(35)36-33-21-17-29(18-22-33)12-11-27-7-9-28(10-8-27)13-14-30-16-20-31(32(23-30)24-34)19-15-26-5-3-2-4-6-26/h2-10,16-18,20-23H,1H3. The first-order chi connectivity index (χ1) is 17.6. The Balaban J connectivity index is 1.44. The van der Waals surface area contributed by atoms with Crippen molar-refractivity contribution in [3.05, 3.63) is 136 Å². The SMILES string of the molecule is CC(=O)Sc1ccc(C#Cc2ccc(C#Cc3ccc(C#Cc4ccccc4)c(C#N)c3)cc2)cc1. The quantitative estimate of drug-likeness (QED) is 0.235. The molecule has 0 bridgehead atoms. The van der Waals surface area contributed by atoms with Crippen LogP contribution < -0.4 is 0 Å². The van der Waals surface area contributed by atoms with Crippen LogP contribution in [0.1, 0.15) is 45.9 Å². The molecule has 4 aromatic carbocycles. The van der Waals surface area contributed by atoms with E-state index in [4.69, 9.17) is 0 Å². The molecular formula is C33H19NOS. The Morgan fingerprint density at radius 3 is 1.61 bits per heavy atom. The zero-order valence-electron chi connectivity index (χ0n) is 19.5. The fourth-order valence-corrected chi connectivity index (χ4v) is 3.79. The summed E-state index contributed by atoms with van der Waals surface area (Å²) in [5.74, 6) is 18.7. The highest BCUT2D eigenvalue weighted by Crippen LogP contribution is 2.18. The van der Waals surface area contributed by atoms with Crippen LogP contribution in [0.4, 0.5) is 0 Å². The van der Waals surface area contributed by atoms with Crippen LogP contribution in [-0.4, -0.2) is 5.12 Å². The third-order valence-corrected chi connectivity index (χ3v) is 5.75. The van der Waals surface area contributed by atoms with Gasteiger partial charge in [-0.3, -0.25) is 4.79 Å². The van der Waals surface area contributed by atoms with Crippen molar-refractivity contribution in [1.82, 2.24) is 0 Å². The molecule has 2 nitrogen and oxygen atoms in total. The van der Waals surface area contributed by atoms with E-state index in [0.29, 0.717) is 11.1 Å². The molecule has 0 saturated carbocycles. The van der Waals surface area contributed by atoms with E-state index in [1.807, 2.05) is 91.0 Å². The number of thioether (sulfide) groups is 1. The molecule has 0 N–H and O–H groups in total. The first kappa shape index (κ1) is 24.2. The fourth-order valence-electron chi connectivity index (χ4n) is 3.18. The minimum absolute atomic E-state index is 0.0627. The molecule has 36 heavy (non-hydrogen) atoms. The maximum Gasteiger partial charge on any atom is 0.190 e. The zero-order chi connectivity index (χ0) is 25.2. The highest BCUT2D eigenvalue weighted by molar-refractivity contribution is 8.13. The van der Waals surface area contributed by atoms with Gasteiger partial charge in [-0.1, -0.05) is 65.5 Å². The Morgan fingerprint density at radius 2 is 1.06 bits per heavy atom. The molecule has 3 heteroatoms. The van der Waals surface area contributed by atoms with E-state index in [2.05, 4.69) is 41.6 Å². The van der Waals surface area contributed by atoms with Gasteiger partial charge >= 0.3 is 0 Å². The first-order valence-electron chi connectivity index (χ1n) is 11.1. The number of carbonyl (C=O) groups excluding carboxylic acids is 1. The van der Waals surface area contributed by atoms with Crippen molar-refractivity contribution in [3.63, 3.8) is 0 Å². The average Bonchev–Trinajstić information content (AvgIpc) is 2.91. The second kappa shape index (κ2) is 12.0. The summed E-state index contributed by atoms with van der Waals surface area (Å²) in [6, 6.07) is 32.7. The largest absolute Gasteiger partial charge is 0.287 e. The molecule has 0 aliphatic rings. The van der Waals surface area contributed by atoms with E-state index in [1.165, 1.54) is 11.8 Å². The molecule has 0 aliphatic heterocycles. The van der Waals surface area contributed by atoms with Crippen LogP contribution in [0.2, 0.25) is 0 Å².